The number of allylic oxidation sites excluding steroid dienone is 1. The summed E-state index contributed by atoms with van der Waals surface area (Å²) in [5.74, 6) is -0.894. The van der Waals surface area contributed by atoms with Crippen molar-refractivity contribution in [2.24, 2.45) is 11.5 Å². The lowest BCUT2D eigenvalue weighted by Gasteiger charge is -1.95. The molecule has 0 amide bonds. The lowest BCUT2D eigenvalue weighted by molar-refractivity contribution is -0.137. The van der Waals surface area contributed by atoms with Crippen LogP contribution in [0.3, 0.4) is 0 Å². The van der Waals surface area contributed by atoms with E-state index in [-0.39, 0.29) is 30.3 Å². The first-order valence-corrected chi connectivity index (χ1v) is 4.18. The molecule has 0 rings (SSSR count). The molecule has 8 heteroatoms. The Morgan fingerprint density at radius 3 is 2.00 bits per heavy atom. The highest BCUT2D eigenvalue weighted by atomic mass is 35.5. The zero-order valence-corrected chi connectivity index (χ0v) is 10.1. The summed E-state index contributed by atoms with van der Waals surface area (Å²) in [6.07, 6.45) is 3.04. The molecule has 94 valence electrons. The van der Waals surface area contributed by atoms with Crippen LogP contribution in [0.2, 0.25) is 0 Å². The van der Waals surface area contributed by atoms with Crippen LogP contribution in [0, 0.1) is 10.8 Å². The van der Waals surface area contributed by atoms with E-state index in [1.807, 2.05) is 5.32 Å². The molecule has 0 atom stereocenters. The van der Waals surface area contributed by atoms with Crippen LogP contribution in [0.4, 0.5) is 0 Å². The van der Waals surface area contributed by atoms with Gasteiger partial charge in [0.05, 0.1) is 6.61 Å². The molecule has 0 bridgehead atoms. The summed E-state index contributed by atoms with van der Waals surface area (Å²) in [6.45, 7) is 4.00. The van der Waals surface area contributed by atoms with E-state index in [2.05, 4.69) is 4.74 Å². The van der Waals surface area contributed by atoms with Gasteiger partial charge in [-0.2, -0.15) is 0 Å². The third-order valence-electron chi connectivity index (χ3n) is 0.859. The van der Waals surface area contributed by atoms with Crippen molar-refractivity contribution < 1.29 is 9.53 Å². The first-order valence-electron chi connectivity index (χ1n) is 4.18. The van der Waals surface area contributed by atoms with Crippen molar-refractivity contribution in [3.05, 3.63) is 12.2 Å². The van der Waals surface area contributed by atoms with Crippen LogP contribution in [0.25, 0.3) is 0 Å². The SMILES string of the molecule is C/C=C/C(=O)OCC.Cl.N=C(N)NC(=N)N. The highest BCUT2D eigenvalue weighted by Crippen LogP contribution is 1.78. The van der Waals surface area contributed by atoms with Crippen LogP contribution in [0.15, 0.2) is 12.2 Å². The molecule has 0 aliphatic rings. The van der Waals surface area contributed by atoms with E-state index < -0.39 is 0 Å². The largest absolute Gasteiger partial charge is 0.463 e. The van der Waals surface area contributed by atoms with Gasteiger partial charge in [0.1, 0.15) is 0 Å². The average Bonchev–Trinajstić information content (AvgIpc) is 2.03. The van der Waals surface area contributed by atoms with E-state index >= 15 is 0 Å². The summed E-state index contributed by atoms with van der Waals surface area (Å²) in [5, 5.41) is 15.0. The molecule has 0 aromatic heterocycles. The maximum atomic E-state index is 10.3. The molecule has 0 aliphatic heterocycles. The van der Waals surface area contributed by atoms with E-state index in [1.54, 1.807) is 19.9 Å². The summed E-state index contributed by atoms with van der Waals surface area (Å²) in [7, 11) is 0. The number of nitrogens with two attached hydrogens (primary N) is 2. The minimum absolute atomic E-state index is 0. The highest BCUT2D eigenvalue weighted by molar-refractivity contribution is 5.93. The van der Waals surface area contributed by atoms with Crippen LogP contribution < -0.4 is 16.8 Å². The van der Waals surface area contributed by atoms with E-state index in [4.69, 9.17) is 22.3 Å². The molecular weight excluding hydrogens is 234 g/mol. The number of nitrogens with one attached hydrogen (secondary N) is 3. The predicted octanol–water partition coefficient (Wildman–Crippen LogP) is -0.0897. The number of halogens is 1. The van der Waals surface area contributed by atoms with Gasteiger partial charge in [-0.05, 0) is 13.8 Å². The predicted molar refractivity (Wildman–Crippen MR) is 65.7 cm³/mol. The first kappa shape index (κ1) is 19.8. The molecule has 16 heavy (non-hydrogen) atoms. The van der Waals surface area contributed by atoms with Crippen molar-refractivity contribution in [1.29, 1.82) is 10.8 Å². The fourth-order valence-corrected chi connectivity index (χ4v) is 0.472. The fraction of sp³-hybridized carbons (Fsp3) is 0.375. The minimum atomic E-state index is -0.312. The number of ether oxygens (including phenoxy) is 1. The van der Waals surface area contributed by atoms with Crippen molar-refractivity contribution in [3.63, 3.8) is 0 Å². The van der Waals surface area contributed by atoms with Crippen molar-refractivity contribution in [1.82, 2.24) is 5.32 Å². The van der Waals surface area contributed by atoms with Gasteiger partial charge in [-0.15, -0.1) is 12.4 Å². The lowest BCUT2D eigenvalue weighted by Crippen LogP contribution is -2.39. The van der Waals surface area contributed by atoms with E-state index in [0.717, 1.165) is 0 Å². The van der Waals surface area contributed by atoms with Gasteiger partial charge in [-0.1, -0.05) is 6.08 Å². The summed E-state index contributed by atoms with van der Waals surface area (Å²) in [4.78, 5) is 10.3. The molecule has 0 aromatic carbocycles. The van der Waals surface area contributed by atoms with Crippen LogP contribution in [-0.4, -0.2) is 24.5 Å². The number of carbonyl (C=O) groups excluding carboxylic acids is 1. The molecule has 0 aliphatic carbocycles. The van der Waals surface area contributed by atoms with E-state index in [1.165, 1.54) is 6.08 Å². The molecular formula is C8H18ClN5O2. The number of rotatable bonds is 2. The number of hydrogen-bond acceptors (Lipinski definition) is 4. The van der Waals surface area contributed by atoms with E-state index in [0.29, 0.717) is 6.61 Å². The fourth-order valence-electron chi connectivity index (χ4n) is 0.472. The van der Waals surface area contributed by atoms with E-state index in [9.17, 15) is 4.79 Å². The van der Waals surface area contributed by atoms with Crippen LogP contribution in [0.5, 0.6) is 0 Å². The monoisotopic (exact) mass is 251 g/mol. The Kier molecular flexibility index (Phi) is 16.4. The Morgan fingerprint density at radius 1 is 1.38 bits per heavy atom. The quantitative estimate of drug-likeness (QED) is 0.202. The number of esters is 1. The number of guanidine groups is 2. The molecule has 7 N–H and O–H groups in total. The van der Waals surface area contributed by atoms with Crippen LogP contribution >= 0.6 is 12.4 Å². The third kappa shape index (κ3) is 22.8. The first-order chi connectivity index (χ1) is 6.93. The third-order valence-corrected chi connectivity index (χ3v) is 0.859. The second-order valence-electron chi connectivity index (χ2n) is 2.20. The van der Waals surface area contributed by atoms with Crippen LogP contribution in [-0.2, 0) is 9.53 Å². The highest BCUT2D eigenvalue weighted by Gasteiger charge is 1.88. The number of hydrogen-bond donors (Lipinski definition) is 5. The second kappa shape index (κ2) is 13.2. The molecule has 7 nitrogen and oxygen atoms in total. The summed E-state index contributed by atoms with van der Waals surface area (Å²) in [6, 6.07) is 0. The molecule has 0 spiro atoms. The maximum absolute atomic E-state index is 10.3. The van der Waals surface area contributed by atoms with Gasteiger partial charge in [-0.25, -0.2) is 4.79 Å². The van der Waals surface area contributed by atoms with Crippen LogP contribution in [0.1, 0.15) is 13.8 Å². The molecule has 0 heterocycles. The van der Waals surface area contributed by atoms with Gasteiger partial charge in [0.25, 0.3) is 0 Å². The topological polar surface area (TPSA) is 138 Å². The Morgan fingerprint density at radius 2 is 1.81 bits per heavy atom. The van der Waals surface area contributed by atoms with Gasteiger partial charge in [0, 0.05) is 6.08 Å². The normalized spacial score (nSPS) is 8.12. The lowest BCUT2D eigenvalue weighted by atomic mass is 10.5. The Balaban J connectivity index is -0.000000200. The second-order valence-corrected chi connectivity index (χ2v) is 2.20. The van der Waals surface area contributed by atoms with Crippen molar-refractivity contribution in [2.45, 2.75) is 13.8 Å². The molecule has 0 saturated heterocycles. The summed E-state index contributed by atoms with van der Waals surface area (Å²) in [5.41, 5.74) is 9.49. The van der Waals surface area contributed by atoms with Gasteiger partial charge in [0.2, 0.25) is 0 Å². The smallest absolute Gasteiger partial charge is 0.330 e. The summed E-state index contributed by atoms with van der Waals surface area (Å²) >= 11 is 0. The molecule has 0 fully saturated rings. The van der Waals surface area contributed by atoms with Gasteiger partial charge < -0.3 is 16.2 Å². The molecule has 0 unspecified atom stereocenters. The van der Waals surface area contributed by atoms with Gasteiger partial charge in [0.15, 0.2) is 11.9 Å². The van der Waals surface area contributed by atoms with Gasteiger partial charge in [-0.3, -0.25) is 16.1 Å². The van der Waals surface area contributed by atoms with Gasteiger partial charge >= 0.3 is 5.97 Å². The van der Waals surface area contributed by atoms with Crippen molar-refractivity contribution in [3.8, 4) is 0 Å². The number of carbonyl (C=O) groups is 1. The molecule has 0 radical (unpaired) electrons. The molecule has 0 aromatic rings. The Hall–Kier alpha value is -1.76. The maximum Gasteiger partial charge on any atom is 0.330 e. The zero-order valence-electron chi connectivity index (χ0n) is 9.24. The Labute approximate surface area is 101 Å². The average molecular weight is 252 g/mol. The van der Waals surface area contributed by atoms with Crippen molar-refractivity contribution >= 4 is 30.3 Å². The Bertz CT molecular complexity index is 243. The molecule has 0 saturated carbocycles. The summed E-state index contributed by atoms with van der Waals surface area (Å²) < 4.78 is 4.56. The zero-order chi connectivity index (χ0) is 12.3. The van der Waals surface area contributed by atoms with Crippen molar-refractivity contribution in [2.75, 3.05) is 6.61 Å². The standard InChI is InChI=1S/C6H10O2.C2H7N5.ClH/c1-3-5-6(7)8-4-2;3-1(4)7-2(5)6;/h3,5H,4H2,1-2H3;(H7,3,4,5,6,7);1H/b5-3+;;. The minimum Gasteiger partial charge on any atom is -0.463 e.